The van der Waals surface area contributed by atoms with E-state index in [0.29, 0.717) is 37.2 Å². The maximum absolute atomic E-state index is 14.0. The highest BCUT2D eigenvalue weighted by molar-refractivity contribution is 5.34. The third-order valence-electron chi connectivity index (χ3n) is 7.63. The average Bonchev–Trinajstić information content (AvgIpc) is 2.87. The minimum Gasteiger partial charge on any atom is -0.295 e. The van der Waals surface area contributed by atoms with E-state index in [0.717, 1.165) is 23.4 Å². The van der Waals surface area contributed by atoms with Gasteiger partial charge in [-0.3, -0.25) is 14.3 Å². The summed E-state index contributed by atoms with van der Waals surface area (Å²) in [4.78, 5) is 21.0. The molecule has 0 N–H and O–H groups in total. The third-order valence-corrected chi connectivity index (χ3v) is 7.63. The van der Waals surface area contributed by atoms with E-state index in [1.54, 1.807) is 4.57 Å². The van der Waals surface area contributed by atoms with E-state index in [9.17, 15) is 18.0 Å². The molecule has 1 fully saturated rings. The van der Waals surface area contributed by atoms with Gasteiger partial charge in [-0.05, 0) is 43.7 Å². The first-order valence-electron chi connectivity index (χ1n) is 12.3. The van der Waals surface area contributed by atoms with E-state index < -0.39 is 12.1 Å². The molecule has 0 radical (unpaired) electrons. The van der Waals surface area contributed by atoms with Gasteiger partial charge in [-0.1, -0.05) is 60.7 Å². The molecule has 4 nitrogen and oxygen atoms in total. The van der Waals surface area contributed by atoms with Crippen LogP contribution in [0.15, 0.2) is 65.5 Å². The molecule has 2 heterocycles. The number of aryl methyl sites for hydroxylation is 1. The van der Waals surface area contributed by atoms with Gasteiger partial charge in [0.1, 0.15) is 5.82 Å². The van der Waals surface area contributed by atoms with E-state index in [1.165, 1.54) is 0 Å². The van der Waals surface area contributed by atoms with Crippen LogP contribution in [-0.2, 0) is 13.0 Å². The van der Waals surface area contributed by atoms with Crippen molar-refractivity contribution >= 4 is 0 Å². The lowest BCUT2D eigenvalue weighted by Crippen LogP contribution is -2.46. The van der Waals surface area contributed by atoms with E-state index in [1.807, 2.05) is 67.6 Å². The summed E-state index contributed by atoms with van der Waals surface area (Å²) in [5.41, 5.74) is 3.45. The Labute approximate surface area is 203 Å². The van der Waals surface area contributed by atoms with Gasteiger partial charge in [0.2, 0.25) is 0 Å². The Balaban J connectivity index is 1.48. The lowest BCUT2D eigenvalue weighted by atomic mass is 9.84. The highest BCUT2D eigenvalue weighted by Gasteiger charge is 2.42. The Bertz CT molecular complexity index is 1180. The number of benzene rings is 2. The van der Waals surface area contributed by atoms with Crippen LogP contribution in [-0.4, -0.2) is 33.2 Å². The Kier molecular flexibility index (Phi) is 6.53. The molecule has 0 unspecified atom stereocenters. The molecule has 0 atom stereocenters. The molecule has 0 bridgehead atoms. The minimum atomic E-state index is -4.11. The second-order valence-electron chi connectivity index (χ2n) is 9.75. The summed E-state index contributed by atoms with van der Waals surface area (Å²) in [7, 11) is 0. The molecule has 35 heavy (non-hydrogen) atoms. The Morgan fingerprint density at radius 2 is 1.49 bits per heavy atom. The normalized spacial score (nSPS) is 21.2. The number of hydrogen-bond donors (Lipinski definition) is 0. The number of rotatable bonds is 4. The number of fused-ring (bicyclic) bond motifs is 1. The molecule has 2 aromatic carbocycles. The number of halogens is 3. The van der Waals surface area contributed by atoms with Gasteiger partial charge < -0.3 is 0 Å². The molecule has 0 saturated heterocycles. The lowest BCUT2D eigenvalue weighted by molar-refractivity contribution is -0.184. The van der Waals surface area contributed by atoms with Gasteiger partial charge in [-0.15, -0.1) is 0 Å². The highest BCUT2D eigenvalue weighted by atomic mass is 19.4. The van der Waals surface area contributed by atoms with Gasteiger partial charge in [0.15, 0.2) is 0 Å². The molecule has 2 aliphatic rings. The predicted molar refractivity (Wildman–Crippen MR) is 129 cm³/mol. The van der Waals surface area contributed by atoms with Crippen LogP contribution in [0.3, 0.4) is 0 Å². The van der Waals surface area contributed by atoms with Crippen molar-refractivity contribution in [1.29, 1.82) is 0 Å². The highest BCUT2D eigenvalue weighted by Crippen LogP contribution is 2.39. The number of aromatic nitrogens is 2. The second-order valence-corrected chi connectivity index (χ2v) is 9.75. The molecule has 1 saturated carbocycles. The van der Waals surface area contributed by atoms with Crippen molar-refractivity contribution in [2.45, 2.75) is 63.8 Å². The Morgan fingerprint density at radius 3 is 2.03 bits per heavy atom. The van der Waals surface area contributed by atoms with Crippen molar-refractivity contribution in [2.24, 2.45) is 5.92 Å². The molecule has 0 amide bonds. The topological polar surface area (TPSA) is 38.1 Å². The number of hydrogen-bond acceptors (Lipinski definition) is 3. The number of alkyl halides is 3. The zero-order chi connectivity index (χ0) is 24.6. The molecule has 1 aliphatic heterocycles. The maximum Gasteiger partial charge on any atom is 0.391 e. The predicted octanol–water partition coefficient (Wildman–Crippen LogP) is 5.67. The molecule has 3 aromatic rings. The maximum atomic E-state index is 14.0. The van der Waals surface area contributed by atoms with Gasteiger partial charge in [0, 0.05) is 25.6 Å². The zero-order valence-electron chi connectivity index (χ0n) is 19.8. The summed E-state index contributed by atoms with van der Waals surface area (Å²) in [6.45, 7) is 3.05. The van der Waals surface area contributed by atoms with Crippen LogP contribution in [0.25, 0.3) is 0 Å². The molecule has 1 aromatic heterocycles. The fourth-order valence-corrected chi connectivity index (χ4v) is 5.78. The summed E-state index contributed by atoms with van der Waals surface area (Å²) in [5.74, 6) is -0.527. The van der Waals surface area contributed by atoms with Crippen LogP contribution in [0.5, 0.6) is 0 Å². The first-order chi connectivity index (χ1) is 16.8. The van der Waals surface area contributed by atoms with Crippen LogP contribution in [0, 0.1) is 12.8 Å². The molecule has 0 spiro atoms. The van der Waals surface area contributed by atoms with E-state index in [2.05, 4.69) is 4.90 Å². The summed E-state index contributed by atoms with van der Waals surface area (Å²) in [6.07, 6.45) is -2.10. The fourth-order valence-electron chi connectivity index (χ4n) is 5.78. The summed E-state index contributed by atoms with van der Waals surface area (Å²) in [6, 6.07) is 19.6. The van der Waals surface area contributed by atoms with Crippen molar-refractivity contribution in [3.63, 3.8) is 0 Å². The van der Waals surface area contributed by atoms with Gasteiger partial charge >= 0.3 is 6.18 Å². The van der Waals surface area contributed by atoms with Crippen molar-refractivity contribution in [1.82, 2.24) is 14.5 Å². The van der Waals surface area contributed by atoms with E-state index >= 15 is 0 Å². The van der Waals surface area contributed by atoms with E-state index in [4.69, 9.17) is 4.98 Å². The summed E-state index contributed by atoms with van der Waals surface area (Å²) >= 11 is 0. The van der Waals surface area contributed by atoms with Crippen LogP contribution in [0.2, 0.25) is 0 Å². The SMILES string of the molecule is Cc1nc2c(c(=O)n1C(c1ccccc1)c1ccccc1)CN(C1CCC(C(F)(F)F)CC1)CC2. The number of nitrogens with zero attached hydrogens (tertiary/aromatic N) is 3. The van der Waals surface area contributed by atoms with Gasteiger partial charge in [0.05, 0.1) is 23.2 Å². The van der Waals surface area contributed by atoms with Gasteiger partial charge in [0.25, 0.3) is 5.56 Å². The Morgan fingerprint density at radius 1 is 0.914 bits per heavy atom. The Hall–Kier alpha value is -2.93. The molecular weight excluding hydrogens is 451 g/mol. The molecule has 5 rings (SSSR count). The van der Waals surface area contributed by atoms with Crippen molar-refractivity contribution < 1.29 is 13.2 Å². The van der Waals surface area contributed by atoms with E-state index in [-0.39, 0.29) is 30.5 Å². The van der Waals surface area contributed by atoms with Crippen LogP contribution in [0.1, 0.15) is 59.9 Å². The largest absolute Gasteiger partial charge is 0.391 e. The van der Waals surface area contributed by atoms with Crippen LogP contribution in [0.4, 0.5) is 13.2 Å². The monoisotopic (exact) mass is 481 g/mol. The molecule has 184 valence electrons. The zero-order valence-corrected chi connectivity index (χ0v) is 19.8. The summed E-state index contributed by atoms with van der Waals surface area (Å²) in [5, 5.41) is 0. The van der Waals surface area contributed by atoms with Gasteiger partial charge in [-0.25, -0.2) is 4.98 Å². The molecular formula is C28H30F3N3O. The molecule has 7 heteroatoms. The first kappa shape index (κ1) is 23.8. The van der Waals surface area contributed by atoms with Crippen LogP contribution < -0.4 is 5.56 Å². The standard InChI is InChI=1S/C28H30F3N3O/c1-19-32-25-16-17-33(23-14-12-22(13-15-23)28(29,30)31)18-24(25)27(35)34(19)26(20-8-4-2-5-9-20)21-10-6-3-7-11-21/h2-11,22-23,26H,12-18H2,1H3. The smallest absolute Gasteiger partial charge is 0.295 e. The quantitative estimate of drug-likeness (QED) is 0.482. The second kappa shape index (κ2) is 9.61. The van der Waals surface area contributed by atoms with Gasteiger partial charge in [-0.2, -0.15) is 13.2 Å². The van der Waals surface area contributed by atoms with Crippen molar-refractivity contribution in [3.8, 4) is 0 Å². The average molecular weight is 482 g/mol. The van der Waals surface area contributed by atoms with Crippen molar-refractivity contribution in [3.05, 3.63) is 99.2 Å². The first-order valence-corrected chi connectivity index (χ1v) is 12.3. The lowest BCUT2D eigenvalue weighted by Gasteiger charge is -2.39. The molecule has 1 aliphatic carbocycles. The fraction of sp³-hybridized carbons (Fsp3) is 0.429. The van der Waals surface area contributed by atoms with Crippen molar-refractivity contribution in [2.75, 3.05) is 6.54 Å². The summed E-state index contributed by atoms with van der Waals surface area (Å²) < 4.78 is 41.2. The minimum absolute atomic E-state index is 0.0566. The third kappa shape index (κ3) is 4.79. The van der Waals surface area contributed by atoms with Crippen LogP contribution >= 0.6 is 0 Å².